The van der Waals surface area contributed by atoms with E-state index in [9.17, 15) is 0 Å². The molecule has 1 saturated heterocycles. The van der Waals surface area contributed by atoms with Crippen molar-refractivity contribution >= 4 is 0 Å². The molecule has 0 radical (unpaired) electrons. The normalized spacial score (nSPS) is 19.1. The summed E-state index contributed by atoms with van der Waals surface area (Å²) < 4.78 is 11.5. The zero-order valence-electron chi connectivity index (χ0n) is 16.7. The Hall–Kier alpha value is -1.28. The SMILES string of the molecule is CCCCCCC=CCCCCCCCC1OC1COc1ccccc1. The van der Waals surface area contributed by atoms with Gasteiger partial charge in [-0.3, -0.25) is 0 Å². The quantitative estimate of drug-likeness (QED) is 0.179. The molecule has 0 aromatic heterocycles. The number of rotatable bonds is 16. The lowest BCUT2D eigenvalue weighted by molar-refractivity contribution is 0.259. The van der Waals surface area contributed by atoms with Gasteiger partial charge in [-0.1, -0.05) is 82.2 Å². The molecule has 1 aromatic rings. The van der Waals surface area contributed by atoms with Crippen LogP contribution in [0.5, 0.6) is 5.75 Å². The highest BCUT2D eigenvalue weighted by Gasteiger charge is 2.38. The van der Waals surface area contributed by atoms with Crippen molar-refractivity contribution in [3.05, 3.63) is 42.5 Å². The fraction of sp³-hybridized carbons (Fsp3) is 0.667. The average Bonchev–Trinajstić information content (AvgIpc) is 3.43. The van der Waals surface area contributed by atoms with Crippen LogP contribution in [0.2, 0.25) is 0 Å². The minimum Gasteiger partial charge on any atom is -0.491 e. The minimum atomic E-state index is 0.317. The second-order valence-corrected chi connectivity index (χ2v) is 7.50. The van der Waals surface area contributed by atoms with Crippen LogP contribution in [0, 0.1) is 0 Å². The summed E-state index contributed by atoms with van der Waals surface area (Å²) in [6.07, 6.45) is 21.5. The maximum absolute atomic E-state index is 5.75. The molecule has 2 nitrogen and oxygen atoms in total. The van der Waals surface area contributed by atoms with Gasteiger partial charge in [-0.2, -0.15) is 0 Å². The van der Waals surface area contributed by atoms with Crippen LogP contribution < -0.4 is 4.74 Å². The van der Waals surface area contributed by atoms with Crippen LogP contribution >= 0.6 is 0 Å². The molecule has 1 aliphatic heterocycles. The largest absolute Gasteiger partial charge is 0.491 e. The monoisotopic (exact) mass is 358 g/mol. The Morgan fingerprint density at radius 3 is 2.19 bits per heavy atom. The van der Waals surface area contributed by atoms with Gasteiger partial charge in [-0.25, -0.2) is 0 Å². The van der Waals surface area contributed by atoms with Crippen LogP contribution in [-0.2, 0) is 4.74 Å². The van der Waals surface area contributed by atoms with Crippen LogP contribution in [0.25, 0.3) is 0 Å². The van der Waals surface area contributed by atoms with Crippen LogP contribution in [0.3, 0.4) is 0 Å². The highest BCUT2D eigenvalue weighted by atomic mass is 16.6. The zero-order chi connectivity index (χ0) is 18.3. The van der Waals surface area contributed by atoms with E-state index in [1.54, 1.807) is 0 Å². The molecule has 1 aliphatic rings. The van der Waals surface area contributed by atoms with Crippen molar-refractivity contribution in [2.75, 3.05) is 6.61 Å². The summed E-state index contributed by atoms with van der Waals surface area (Å²) in [7, 11) is 0. The van der Waals surface area contributed by atoms with E-state index in [2.05, 4.69) is 19.1 Å². The molecular formula is C24H38O2. The van der Waals surface area contributed by atoms with Gasteiger partial charge >= 0.3 is 0 Å². The van der Waals surface area contributed by atoms with Crippen molar-refractivity contribution in [3.63, 3.8) is 0 Å². The molecule has 0 aliphatic carbocycles. The summed E-state index contributed by atoms with van der Waals surface area (Å²) in [6, 6.07) is 10.0. The van der Waals surface area contributed by atoms with Crippen molar-refractivity contribution in [1.82, 2.24) is 0 Å². The van der Waals surface area contributed by atoms with Crippen molar-refractivity contribution in [2.24, 2.45) is 0 Å². The van der Waals surface area contributed by atoms with E-state index in [0.717, 1.165) is 5.75 Å². The Morgan fingerprint density at radius 1 is 0.808 bits per heavy atom. The number of hydrogen-bond donors (Lipinski definition) is 0. The third-order valence-corrected chi connectivity index (χ3v) is 5.10. The number of ether oxygens (including phenoxy) is 2. The average molecular weight is 359 g/mol. The van der Waals surface area contributed by atoms with Gasteiger partial charge in [0.25, 0.3) is 0 Å². The lowest BCUT2D eigenvalue weighted by Gasteiger charge is -2.03. The molecule has 0 saturated carbocycles. The Labute approximate surface area is 161 Å². The van der Waals surface area contributed by atoms with Crippen molar-refractivity contribution in [2.45, 2.75) is 96.2 Å². The topological polar surface area (TPSA) is 21.8 Å². The maximum atomic E-state index is 5.75. The first-order valence-electron chi connectivity index (χ1n) is 10.9. The molecular weight excluding hydrogens is 320 g/mol. The lowest BCUT2D eigenvalue weighted by atomic mass is 10.1. The van der Waals surface area contributed by atoms with Crippen molar-refractivity contribution in [3.8, 4) is 5.75 Å². The second kappa shape index (κ2) is 13.9. The molecule has 1 aromatic carbocycles. The van der Waals surface area contributed by atoms with Gasteiger partial charge in [-0.05, 0) is 44.2 Å². The molecule has 1 fully saturated rings. The summed E-state index contributed by atoms with van der Waals surface area (Å²) in [4.78, 5) is 0. The van der Waals surface area contributed by atoms with Crippen molar-refractivity contribution in [1.29, 1.82) is 0 Å². The van der Waals surface area contributed by atoms with E-state index in [1.165, 1.54) is 77.0 Å². The van der Waals surface area contributed by atoms with E-state index in [-0.39, 0.29) is 0 Å². The zero-order valence-corrected chi connectivity index (χ0v) is 16.7. The van der Waals surface area contributed by atoms with Crippen LogP contribution in [0.1, 0.15) is 84.0 Å². The Balaban J connectivity index is 1.32. The molecule has 2 rings (SSSR count). The fourth-order valence-corrected chi connectivity index (χ4v) is 3.34. The summed E-state index contributed by atoms with van der Waals surface area (Å²) in [5.74, 6) is 0.941. The third-order valence-electron chi connectivity index (χ3n) is 5.10. The van der Waals surface area contributed by atoms with E-state index in [0.29, 0.717) is 18.8 Å². The summed E-state index contributed by atoms with van der Waals surface area (Å²) in [5, 5.41) is 0. The summed E-state index contributed by atoms with van der Waals surface area (Å²) in [6.45, 7) is 2.96. The van der Waals surface area contributed by atoms with E-state index < -0.39 is 0 Å². The van der Waals surface area contributed by atoms with Crippen molar-refractivity contribution < 1.29 is 9.47 Å². The molecule has 1 heterocycles. The van der Waals surface area contributed by atoms with Gasteiger partial charge in [0.05, 0.1) is 6.10 Å². The predicted octanol–water partition coefficient (Wildman–Crippen LogP) is 7.09. The minimum absolute atomic E-state index is 0.317. The summed E-state index contributed by atoms with van der Waals surface area (Å²) in [5.41, 5.74) is 0. The third kappa shape index (κ3) is 10.0. The lowest BCUT2D eigenvalue weighted by Crippen LogP contribution is -2.07. The van der Waals surface area contributed by atoms with Gasteiger partial charge in [0.2, 0.25) is 0 Å². The van der Waals surface area contributed by atoms with Gasteiger partial charge in [0.15, 0.2) is 0 Å². The molecule has 26 heavy (non-hydrogen) atoms. The van der Waals surface area contributed by atoms with E-state index >= 15 is 0 Å². The van der Waals surface area contributed by atoms with Crippen LogP contribution in [0.4, 0.5) is 0 Å². The molecule has 2 atom stereocenters. The number of epoxide rings is 1. The summed E-state index contributed by atoms with van der Waals surface area (Å²) >= 11 is 0. The van der Waals surface area contributed by atoms with Gasteiger partial charge in [0.1, 0.15) is 18.5 Å². The number of benzene rings is 1. The van der Waals surface area contributed by atoms with Gasteiger partial charge in [-0.15, -0.1) is 0 Å². The van der Waals surface area contributed by atoms with E-state index in [4.69, 9.17) is 9.47 Å². The first kappa shape index (κ1) is 21.0. The second-order valence-electron chi connectivity index (χ2n) is 7.50. The fourth-order valence-electron chi connectivity index (χ4n) is 3.34. The standard InChI is InChI=1S/C24H38O2/c1-2-3-4-5-6-7-8-9-10-11-12-13-17-20-23-24(26-23)21-25-22-18-15-14-16-19-22/h7-8,14-16,18-19,23-24H,2-6,9-13,17,20-21H2,1H3. The number of allylic oxidation sites excluding steroid dienone is 2. The maximum Gasteiger partial charge on any atom is 0.119 e. The predicted molar refractivity (Wildman–Crippen MR) is 111 cm³/mol. The number of hydrogen-bond acceptors (Lipinski definition) is 2. The van der Waals surface area contributed by atoms with Crippen LogP contribution in [-0.4, -0.2) is 18.8 Å². The van der Waals surface area contributed by atoms with Crippen LogP contribution in [0.15, 0.2) is 42.5 Å². The van der Waals surface area contributed by atoms with Gasteiger partial charge < -0.3 is 9.47 Å². The number of para-hydroxylation sites is 1. The molecule has 146 valence electrons. The smallest absolute Gasteiger partial charge is 0.119 e. The highest BCUT2D eigenvalue weighted by Crippen LogP contribution is 2.28. The van der Waals surface area contributed by atoms with E-state index in [1.807, 2.05) is 30.3 Å². The van der Waals surface area contributed by atoms with Gasteiger partial charge in [0, 0.05) is 0 Å². The Kier molecular flexibility index (Phi) is 11.2. The molecule has 0 N–H and O–H groups in total. The Morgan fingerprint density at radius 2 is 1.46 bits per heavy atom. The molecule has 2 heteroatoms. The molecule has 2 unspecified atom stereocenters. The highest BCUT2D eigenvalue weighted by molar-refractivity contribution is 5.21. The first-order valence-corrected chi connectivity index (χ1v) is 10.9. The number of unbranched alkanes of at least 4 members (excludes halogenated alkanes) is 9. The Bertz CT molecular complexity index is 468. The first-order chi connectivity index (χ1) is 12.9. The molecule has 0 spiro atoms. The molecule has 0 amide bonds. The molecule has 0 bridgehead atoms.